The number of carbonyl (C=O) groups is 1. The van der Waals surface area contributed by atoms with Gasteiger partial charge in [-0.15, -0.1) is 0 Å². The SMILES string of the molecule is CC(C)(C)C(=O)COCc1cnc(O)nc1. The van der Waals surface area contributed by atoms with E-state index in [4.69, 9.17) is 9.84 Å². The van der Waals surface area contributed by atoms with E-state index in [0.717, 1.165) is 5.56 Å². The van der Waals surface area contributed by atoms with Crippen molar-refractivity contribution < 1.29 is 14.6 Å². The number of aromatic nitrogens is 2. The molecule has 0 spiro atoms. The van der Waals surface area contributed by atoms with Crippen LogP contribution in [-0.4, -0.2) is 27.5 Å². The Labute approximate surface area is 94.5 Å². The Bertz CT molecular complexity index is 354. The Morgan fingerprint density at radius 3 is 2.44 bits per heavy atom. The van der Waals surface area contributed by atoms with E-state index in [2.05, 4.69) is 9.97 Å². The molecule has 5 heteroatoms. The van der Waals surface area contributed by atoms with E-state index in [1.165, 1.54) is 12.4 Å². The number of ketones is 1. The number of Topliss-reactive ketones (excluding diaryl/α,β-unsaturated/α-hetero) is 1. The second-order valence-electron chi connectivity index (χ2n) is 4.56. The molecule has 0 saturated heterocycles. The van der Waals surface area contributed by atoms with Crippen LogP contribution in [-0.2, 0) is 16.1 Å². The Morgan fingerprint density at radius 2 is 1.94 bits per heavy atom. The van der Waals surface area contributed by atoms with Gasteiger partial charge < -0.3 is 9.84 Å². The molecule has 16 heavy (non-hydrogen) atoms. The van der Waals surface area contributed by atoms with Crippen molar-refractivity contribution >= 4 is 5.78 Å². The van der Waals surface area contributed by atoms with Gasteiger partial charge in [0.1, 0.15) is 6.61 Å². The van der Waals surface area contributed by atoms with Crippen LogP contribution in [0.3, 0.4) is 0 Å². The molecule has 1 N–H and O–H groups in total. The molecule has 0 aromatic carbocycles. The van der Waals surface area contributed by atoms with Crippen molar-refractivity contribution in [1.29, 1.82) is 0 Å². The summed E-state index contributed by atoms with van der Waals surface area (Å²) in [5.74, 6) is 0.0483. The fourth-order valence-corrected chi connectivity index (χ4v) is 0.901. The highest BCUT2D eigenvalue weighted by molar-refractivity contribution is 5.84. The van der Waals surface area contributed by atoms with Crippen molar-refractivity contribution in [2.24, 2.45) is 5.41 Å². The number of nitrogens with zero attached hydrogens (tertiary/aromatic N) is 2. The minimum Gasteiger partial charge on any atom is -0.479 e. The average Bonchev–Trinajstić information content (AvgIpc) is 2.19. The first-order valence-electron chi connectivity index (χ1n) is 5.00. The van der Waals surface area contributed by atoms with Crippen LogP contribution in [0.25, 0.3) is 0 Å². The van der Waals surface area contributed by atoms with Crippen molar-refractivity contribution in [1.82, 2.24) is 9.97 Å². The first-order valence-corrected chi connectivity index (χ1v) is 5.00. The van der Waals surface area contributed by atoms with Crippen LogP contribution < -0.4 is 0 Å². The maximum atomic E-state index is 11.5. The van der Waals surface area contributed by atoms with Gasteiger partial charge in [-0.25, -0.2) is 9.97 Å². The van der Waals surface area contributed by atoms with Crippen molar-refractivity contribution in [2.45, 2.75) is 27.4 Å². The Kier molecular flexibility index (Phi) is 3.95. The number of hydrogen-bond acceptors (Lipinski definition) is 5. The Balaban J connectivity index is 2.36. The van der Waals surface area contributed by atoms with Crippen LogP contribution in [0.5, 0.6) is 6.01 Å². The largest absolute Gasteiger partial charge is 0.479 e. The summed E-state index contributed by atoms with van der Waals surface area (Å²) in [7, 11) is 0. The van der Waals surface area contributed by atoms with E-state index in [9.17, 15) is 4.79 Å². The minimum absolute atomic E-state index is 0.0483. The highest BCUT2D eigenvalue weighted by atomic mass is 16.5. The number of carbonyl (C=O) groups excluding carboxylic acids is 1. The Morgan fingerprint density at radius 1 is 1.38 bits per heavy atom. The van der Waals surface area contributed by atoms with Gasteiger partial charge in [-0.1, -0.05) is 20.8 Å². The van der Waals surface area contributed by atoms with Crippen LogP contribution in [0.1, 0.15) is 26.3 Å². The van der Waals surface area contributed by atoms with Gasteiger partial charge in [-0.05, 0) is 0 Å². The van der Waals surface area contributed by atoms with Crippen molar-refractivity contribution in [3.05, 3.63) is 18.0 Å². The molecule has 0 radical (unpaired) electrons. The lowest BCUT2D eigenvalue weighted by Gasteiger charge is -2.16. The second-order valence-corrected chi connectivity index (χ2v) is 4.56. The normalized spacial score (nSPS) is 11.4. The summed E-state index contributed by atoms with van der Waals surface area (Å²) < 4.78 is 5.24. The molecule has 0 saturated carbocycles. The predicted molar refractivity (Wildman–Crippen MR) is 57.8 cm³/mol. The zero-order valence-electron chi connectivity index (χ0n) is 9.73. The third-order valence-corrected chi connectivity index (χ3v) is 2.03. The van der Waals surface area contributed by atoms with E-state index >= 15 is 0 Å². The average molecular weight is 224 g/mol. The summed E-state index contributed by atoms with van der Waals surface area (Å²) >= 11 is 0. The zero-order valence-corrected chi connectivity index (χ0v) is 9.73. The first-order chi connectivity index (χ1) is 7.39. The van der Waals surface area contributed by atoms with Gasteiger partial charge in [-0.2, -0.15) is 0 Å². The summed E-state index contributed by atoms with van der Waals surface area (Å²) in [6, 6.07) is -0.269. The molecular weight excluding hydrogens is 208 g/mol. The topological polar surface area (TPSA) is 72.3 Å². The summed E-state index contributed by atoms with van der Waals surface area (Å²) in [6.45, 7) is 5.89. The summed E-state index contributed by atoms with van der Waals surface area (Å²) in [6.07, 6.45) is 2.92. The van der Waals surface area contributed by atoms with E-state index in [1.54, 1.807) is 0 Å². The fraction of sp³-hybridized carbons (Fsp3) is 0.545. The molecule has 5 nitrogen and oxygen atoms in total. The molecule has 0 fully saturated rings. The molecule has 1 heterocycles. The van der Waals surface area contributed by atoms with E-state index in [0.29, 0.717) is 0 Å². The lowest BCUT2D eigenvalue weighted by atomic mass is 9.91. The van der Waals surface area contributed by atoms with E-state index in [1.807, 2.05) is 20.8 Å². The van der Waals surface area contributed by atoms with Gasteiger partial charge in [-0.3, -0.25) is 4.79 Å². The van der Waals surface area contributed by atoms with E-state index < -0.39 is 0 Å². The molecule has 0 aliphatic carbocycles. The summed E-state index contributed by atoms with van der Waals surface area (Å²) in [4.78, 5) is 18.7. The molecule has 1 aromatic rings. The van der Waals surface area contributed by atoms with Gasteiger partial charge in [0.05, 0.1) is 6.61 Å². The molecule has 88 valence electrons. The van der Waals surface area contributed by atoms with Crippen molar-refractivity contribution in [2.75, 3.05) is 6.61 Å². The molecule has 0 amide bonds. The highest BCUT2D eigenvalue weighted by Crippen LogP contribution is 2.14. The number of aromatic hydroxyl groups is 1. The maximum Gasteiger partial charge on any atom is 0.313 e. The molecular formula is C11H16N2O3. The molecule has 0 unspecified atom stereocenters. The van der Waals surface area contributed by atoms with Crippen LogP contribution in [0, 0.1) is 5.41 Å². The van der Waals surface area contributed by atoms with Crippen molar-refractivity contribution in [3.63, 3.8) is 0 Å². The van der Waals surface area contributed by atoms with Crippen molar-refractivity contribution in [3.8, 4) is 6.01 Å². The van der Waals surface area contributed by atoms with Crippen LogP contribution in [0.4, 0.5) is 0 Å². The molecule has 1 rings (SSSR count). The second kappa shape index (κ2) is 5.03. The summed E-state index contributed by atoms with van der Waals surface area (Å²) in [5.41, 5.74) is 0.338. The highest BCUT2D eigenvalue weighted by Gasteiger charge is 2.20. The number of ether oxygens (including phenoxy) is 1. The molecule has 1 aromatic heterocycles. The van der Waals surface area contributed by atoms with Crippen LogP contribution in [0.2, 0.25) is 0 Å². The molecule has 0 aliphatic heterocycles. The van der Waals surface area contributed by atoms with Crippen LogP contribution in [0.15, 0.2) is 12.4 Å². The first kappa shape index (κ1) is 12.6. The van der Waals surface area contributed by atoms with E-state index in [-0.39, 0.29) is 30.4 Å². The smallest absolute Gasteiger partial charge is 0.313 e. The third-order valence-electron chi connectivity index (χ3n) is 2.03. The maximum absolute atomic E-state index is 11.5. The molecule has 0 bridgehead atoms. The molecule has 0 aliphatic rings. The monoisotopic (exact) mass is 224 g/mol. The minimum atomic E-state index is -0.383. The number of hydrogen-bond donors (Lipinski definition) is 1. The molecule has 0 atom stereocenters. The standard InChI is InChI=1S/C11H16N2O3/c1-11(2,3)9(14)7-16-6-8-4-12-10(15)13-5-8/h4-5H,6-7H2,1-3H3,(H,12,13,15). The van der Waals surface area contributed by atoms with Gasteiger partial charge >= 0.3 is 6.01 Å². The lowest BCUT2D eigenvalue weighted by Crippen LogP contribution is -2.24. The third kappa shape index (κ3) is 3.94. The van der Waals surface area contributed by atoms with Gasteiger partial charge in [0.2, 0.25) is 0 Å². The fourth-order valence-electron chi connectivity index (χ4n) is 0.901. The quantitative estimate of drug-likeness (QED) is 0.834. The zero-order chi connectivity index (χ0) is 12.2. The summed E-state index contributed by atoms with van der Waals surface area (Å²) in [5, 5.41) is 8.86. The lowest BCUT2D eigenvalue weighted by molar-refractivity contribution is -0.131. The predicted octanol–water partition coefficient (Wildman–Crippen LogP) is 1.31. The van der Waals surface area contributed by atoms with Gasteiger partial charge in [0.15, 0.2) is 5.78 Å². The van der Waals surface area contributed by atoms with Gasteiger partial charge in [0, 0.05) is 23.4 Å². The Hall–Kier alpha value is -1.49. The van der Waals surface area contributed by atoms with Crippen LogP contribution >= 0.6 is 0 Å². The number of rotatable bonds is 4. The van der Waals surface area contributed by atoms with Gasteiger partial charge in [0.25, 0.3) is 0 Å².